The molecule has 0 aliphatic carbocycles. The summed E-state index contributed by atoms with van der Waals surface area (Å²) < 4.78 is 7.71. The summed E-state index contributed by atoms with van der Waals surface area (Å²) >= 11 is 8.76. The Hall–Kier alpha value is -1.06. The van der Waals surface area contributed by atoms with E-state index in [9.17, 15) is 10.1 Å². The van der Waals surface area contributed by atoms with Crippen molar-refractivity contribution in [1.29, 1.82) is 0 Å². The van der Waals surface area contributed by atoms with Gasteiger partial charge < -0.3 is 10.6 Å². The second-order valence-electron chi connectivity index (χ2n) is 3.70. The summed E-state index contributed by atoms with van der Waals surface area (Å²) in [6.07, 6.45) is 2.10. The zero-order valence-corrected chi connectivity index (χ0v) is 12.2. The second kappa shape index (κ2) is 6.92. The molecule has 19 heavy (non-hydrogen) atoms. The van der Waals surface area contributed by atoms with Gasteiger partial charge in [0.2, 0.25) is 0 Å². The molecule has 0 saturated carbocycles. The Morgan fingerprint density at radius 3 is 3.26 bits per heavy atom. The van der Waals surface area contributed by atoms with E-state index in [0.717, 1.165) is 23.2 Å². The molecule has 0 spiro atoms. The molecular formula is C9H12ClN5O2S2. The Bertz CT molecular complexity index is 467. The highest BCUT2D eigenvalue weighted by Crippen LogP contribution is 2.31. The Morgan fingerprint density at radius 1 is 1.74 bits per heavy atom. The van der Waals surface area contributed by atoms with Crippen LogP contribution < -0.4 is 10.6 Å². The van der Waals surface area contributed by atoms with Crippen LogP contribution in [0.3, 0.4) is 0 Å². The van der Waals surface area contributed by atoms with Crippen molar-refractivity contribution in [1.82, 2.24) is 19.4 Å². The molecule has 0 aromatic carbocycles. The summed E-state index contributed by atoms with van der Waals surface area (Å²) in [7, 11) is 0. The predicted molar refractivity (Wildman–Crippen MR) is 75.6 cm³/mol. The lowest BCUT2D eigenvalue weighted by Crippen LogP contribution is -2.26. The van der Waals surface area contributed by atoms with Crippen LogP contribution in [0.4, 0.5) is 0 Å². The molecule has 0 amide bonds. The largest absolute Gasteiger partial charge is 0.366 e. The van der Waals surface area contributed by atoms with Crippen LogP contribution in [-0.2, 0) is 0 Å². The average molecular weight is 322 g/mol. The summed E-state index contributed by atoms with van der Waals surface area (Å²) in [5.41, 5.74) is 0.969. The van der Waals surface area contributed by atoms with Crippen LogP contribution in [-0.4, -0.2) is 32.5 Å². The highest BCUT2D eigenvalue weighted by atomic mass is 35.5. The maximum atomic E-state index is 10.7. The molecule has 2 N–H and O–H groups in total. The third-order valence-electron chi connectivity index (χ3n) is 2.45. The molecule has 0 radical (unpaired) electrons. The first-order chi connectivity index (χ1) is 9.18. The minimum absolute atomic E-state index is 0.219. The number of rotatable bonds is 7. The number of nitrogens with one attached hydrogen (secondary N) is 2. The number of aromatic nitrogens is 2. The molecule has 1 aliphatic heterocycles. The molecule has 1 aromatic heterocycles. The van der Waals surface area contributed by atoms with E-state index >= 15 is 0 Å². The van der Waals surface area contributed by atoms with E-state index in [0.29, 0.717) is 25.3 Å². The smallest absolute Gasteiger partial charge is 0.287 e. The number of halogens is 1. The fraction of sp³-hybridized carbons (Fsp3) is 0.556. The quantitative estimate of drug-likeness (QED) is 0.340. The lowest BCUT2D eigenvalue weighted by atomic mass is 10.4. The summed E-state index contributed by atoms with van der Waals surface area (Å²) in [6.45, 7) is 1.21. The number of nitro groups is 1. The number of thioether (sulfide) groups is 1. The zero-order valence-electron chi connectivity index (χ0n) is 9.84. The van der Waals surface area contributed by atoms with Gasteiger partial charge in [0.25, 0.3) is 5.70 Å². The van der Waals surface area contributed by atoms with Crippen LogP contribution in [0.5, 0.6) is 0 Å². The van der Waals surface area contributed by atoms with Crippen molar-refractivity contribution in [2.75, 3.05) is 18.8 Å². The minimum Gasteiger partial charge on any atom is -0.366 e. The van der Waals surface area contributed by atoms with Gasteiger partial charge in [0.1, 0.15) is 10.4 Å². The van der Waals surface area contributed by atoms with E-state index in [1.807, 2.05) is 0 Å². The Morgan fingerprint density at radius 2 is 2.58 bits per heavy atom. The first kappa shape index (κ1) is 14.4. The highest BCUT2D eigenvalue weighted by Gasteiger charge is 2.23. The number of hydrogen-bond acceptors (Lipinski definition) is 8. The van der Waals surface area contributed by atoms with Gasteiger partial charge in [-0.1, -0.05) is 0 Å². The van der Waals surface area contributed by atoms with Gasteiger partial charge in [-0.15, -0.1) is 23.4 Å². The Balaban J connectivity index is 1.72. The molecule has 104 valence electrons. The van der Waals surface area contributed by atoms with Crippen LogP contribution >= 0.6 is 35.1 Å². The fourth-order valence-electron chi connectivity index (χ4n) is 1.58. The van der Waals surface area contributed by atoms with Crippen molar-refractivity contribution in [2.24, 2.45) is 0 Å². The van der Waals surface area contributed by atoms with Gasteiger partial charge >= 0.3 is 0 Å². The fourth-order valence-corrected chi connectivity index (χ4v) is 3.23. The highest BCUT2D eigenvalue weighted by molar-refractivity contribution is 8.00. The van der Waals surface area contributed by atoms with Crippen molar-refractivity contribution in [3.05, 3.63) is 33.5 Å². The minimum atomic E-state index is -0.346. The summed E-state index contributed by atoms with van der Waals surface area (Å²) in [5.74, 6) is 1.24. The van der Waals surface area contributed by atoms with Gasteiger partial charge in [0.15, 0.2) is 5.82 Å². The topological polar surface area (TPSA) is 93.0 Å². The molecular weight excluding hydrogens is 310 g/mol. The van der Waals surface area contributed by atoms with Crippen molar-refractivity contribution >= 4 is 35.1 Å². The lowest BCUT2D eigenvalue weighted by Gasteiger charge is -2.09. The number of hydrogen-bond donors (Lipinski definition) is 2. The maximum absolute atomic E-state index is 10.7. The molecule has 1 aromatic rings. The van der Waals surface area contributed by atoms with E-state index in [1.165, 1.54) is 11.8 Å². The molecule has 0 fully saturated rings. The lowest BCUT2D eigenvalue weighted by molar-refractivity contribution is -0.427. The van der Waals surface area contributed by atoms with Crippen molar-refractivity contribution in [3.8, 4) is 0 Å². The molecule has 0 bridgehead atoms. The molecule has 1 aliphatic rings. The standard InChI is InChI=1S/C9H12ClN5O2S2/c10-8(6-5-13-19-14-6)18-4-3-12-9-7(15(16)17)1-2-11-9/h5,8,11-12H,1-4H2. The zero-order chi connectivity index (χ0) is 13.7. The van der Waals surface area contributed by atoms with Crippen molar-refractivity contribution in [3.63, 3.8) is 0 Å². The maximum Gasteiger partial charge on any atom is 0.287 e. The third-order valence-corrected chi connectivity index (χ3v) is 4.52. The van der Waals surface area contributed by atoms with Crippen molar-refractivity contribution < 1.29 is 4.92 Å². The van der Waals surface area contributed by atoms with E-state index < -0.39 is 0 Å². The average Bonchev–Trinajstić information content (AvgIpc) is 3.04. The van der Waals surface area contributed by atoms with E-state index in [1.54, 1.807) is 6.20 Å². The van der Waals surface area contributed by atoms with E-state index in [-0.39, 0.29) is 15.3 Å². The Labute approximate surface area is 123 Å². The van der Waals surface area contributed by atoms with Crippen LogP contribution in [0.1, 0.15) is 16.8 Å². The van der Waals surface area contributed by atoms with Gasteiger partial charge in [0, 0.05) is 18.8 Å². The number of alkyl halides is 1. The van der Waals surface area contributed by atoms with Gasteiger partial charge in [-0.2, -0.15) is 8.75 Å². The monoisotopic (exact) mass is 321 g/mol. The van der Waals surface area contributed by atoms with Crippen LogP contribution in [0.25, 0.3) is 0 Å². The predicted octanol–water partition coefficient (Wildman–Crippen LogP) is 1.54. The van der Waals surface area contributed by atoms with E-state index in [2.05, 4.69) is 19.4 Å². The molecule has 1 unspecified atom stereocenters. The third kappa shape index (κ3) is 3.95. The van der Waals surface area contributed by atoms with Crippen molar-refractivity contribution in [2.45, 2.75) is 11.1 Å². The van der Waals surface area contributed by atoms with Gasteiger partial charge in [-0.05, 0) is 0 Å². The van der Waals surface area contributed by atoms with Gasteiger partial charge in [-0.25, -0.2) is 0 Å². The van der Waals surface area contributed by atoms with Gasteiger partial charge in [-0.3, -0.25) is 10.1 Å². The molecule has 0 saturated heterocycles. The second-order valence-corrected chi connectivity index (χ2v) is 6.17. The first-order valence-electron chi connectivity index (χ1n) is 5.57. The summed E-state index contributed by atoms with van der Waals surface area (Å²) in [6, 6.07) is 0. The van der Waals surface area contributed by atoms with Crippen LogP contribution in [0, 0.1) is 10.1 Å². The Kier molecular flexibility index (Phi) is 5.23. The number of nitrogens with zero attached hydrogens (tertiary/aromatic N) is 3. The van der Waals surface area contributed by atoms with Crippen LogP contribution in [0.2, 0.25) is 0 Å². The van der Waals surface area contributed by atoms with E-state index in [4.69, 9.17) is 11.6 Å². The molecule has 10 heteroatoms. The van der Waals surface area contributed by atoms with Crippen LogP contribution in [0.15, 0.2) is 17.7 Å². The molecule has 7 nitrogen and oxygen atoms in total. The molecule has 1 atom stereocenters. The first-order valence-corrected chi connectivity index (χ1v) is 7.78. The van der Waals surface area contributed by atoms with Gasteiger partial charge in [0.05, 0.1) is 29.3 Å². The molecule has 2 heterocycles. The normalized spacial score (nSPS) is 16.3. The summed E-state index contributed by atoms with van der Waals surface area (Å²) in [5, 5.41) is 16.7. The summed E-state index contributed by atoms with van der Waals surface area (Å²) in [4.78, 5) is 10.4. The molecule has 2 rings (SSSR count). The SMILES string of the molecule is O=[N+]([O-])C1=C(NCCSC(Cl)c2cnsn2)NCC1.